The van der Waals surface area contributed by atoms with Gasteiger partial charge in [0.15, 0.2) is 0 Å². The summed E-state index contributed by atoms with van der Waals surface area (Å²) < 4.78 is 13.1. The fourth-order valence-corrected chi connectivity index (χ4v) is 7.37. The highest BCUT2D eigenvalue weighted by Gasteiger charge is 2.45. The molecule has 2 saturated carbocycles. The van der Waals surface area contributed by atoms with Crippen LogP contribution in [0.4, 0.5) is 0 Å². The van der Waals surface area contributed by atoms with E-state index in [4.69, 9.17) is 11.6 Å². The van der Waals surface area contributed by atoms with Crippen LogP contribution >= 0.6 is 11.6 Å². The average molecular weight is 497 g/mol. The Balaban J connectivity index is 1.46. The lowest BCUT2D eigenvalue weighted by Crippen LogP contribution is -2.32. The second kappa shape index (κ2) is 10.9. The van der Waals surface area contributed by atoms with E-state index in [1.54, 1.807) is 0 Å². The van der Waals surface area contributed by atoms with Gasteiger partial charge in [0.2, 0.25) is 0 Å². The molecule has 34 heavy (non-hydrogen) atoms. The molecule has 4 rings (SSSR count). The van der Waals surface area contributed by atoms with E-state index < -0.39 is 10.8 Å². The topological polar surface area (TPSA) is 37.3 Å². The third-order valence-corrected chi connectivity index (χ3v) is 9.89. The first-order valence-electron chi connectivity index (χ1n) is 12.6. The fourth-order valence-electron chi connectivity index (χ4n) is 6.14. The Labute approximate surface area is 212 Å². The molecule has 2 fully saturated rings. The Morgan fingerprint density at radius 1 is 1.29 bits per heavy atom. The summed E-state index contributed by atoms with van der Waals surface area (Å²) in [6, 6.07) is 9.41. The predicted octanol–water partition coefficient (Wildman–Crippen LogP) is 7.99. The first-order valence-corrected chi connectivity index (χ1v) is 14.1. The standard InChI is InChI=1S/C30H37ClO2S/c1-21-11-15-25(32)20-24(21)14-13-23-8-7-19-30(3)27(16-17-28(23)30)22(2)12-18-29(31)34(33)26-9-5-4-6-10-26/h4-6,9-10,13-14,16,18,22,25,28,32H,1,7-8,11-12,15,17,19-20H2,2-3H3/b23-13+,24-14-,29-18+/t22-,25?,28?,30?,34?/m1/s1. The van der Waals surface area contributed by atoms with E-state index in [0.29, 0.717) is 16.2 Å². The number of rotatable bonds is 6. The van der Waals surface area contributed by atoms with Crippen LogP contribution < -0.4 is 0 Å². The molecule has 1 N–H and O–H groups in total. The molecule has 2 nitrogen and oxygen atoms in total. The summed E-state index contributed by atoms with van der Waals surface area (Å²) in [5.74, 6) is 0.901. The van der Waals surface area contributed by atoms with Crippen molar-refractivity contribution in [3.8, 4) is 0 Å². The van der Waals surface area contributed by atoms with Crippen molar-refractivity contribution in [2.45, 2.75) is 76.2 Å². The van der Waals surface area contributed by atoms with Crippen LogP contribution in [0.5, 0.6) is 0 Å². The van der Waals surface area contributed by atoms with Gasteiger partial charge in [-0.3, -0.25) is 0 Å². The number of benzene rings is 1. The Bertz CT molecular complexity index is 1060. The highest BCUT2D eigenvalue weighted by Crippen LogP contribution is 2.57. The van der Waals surface area contributed by atoms with Crippen molar-refractivity contribution < 1.29 is 9.32 Å². The predicted molar refractivity (Wildman–Crippen MR) is 144 cm³/mol. The average Bonchev–Trinajstić information content (AvgIpc) is 3.20. The summed E-state index contributed by atoms with van der Waals surface area (Å²) >= 11 is 6.45. The van der Waals surface area contributed by atoms with E-state index in [0.717, 1.165) is 43.4 Å². The first kappa shape index (κ1) is 25.4. The molecule has 4 unspecified atom stereocenters. The van der Waals surface area contributed by atoms with Crippen LogP contribution in [0.1, 0.15) is 65.2 Å². The zero-order valence-corrected chi connectivity index (χ0v) is 22.0. The summed E-state index contributed by atoms with van der Waals surface area (Å²) in [5.41, 5.74) is 5.62. The molecule has 1 aromatic rings. The van der Waals surface area contributed by atoms with Gasteiger partial charge in [0.25, 0.3) is 0 Å². The van der Waals surface area contributed by atoms with E-state index in [-0.39, 0.29) is 11.5 Å². The van der Waals surface area contributed by atoms with Gasteiger partial charge in [0.05, 0.1) is 16.9 Å². The fraction of sp³-hybridized carbons (Fsp3) is 0.467. The molecule has 4 heteroatoms. The molecule has 5 atom stereocenters. The van der Waals surface area contributed by atoms with Crippen LogP contribution in [-0.2, 0) is 10.8 Å². The maximum Gasteiger partial charge on any atom is 0.106 e. The Morgan fingerprint density at radius 2 is 2.06 bits per heavy atom. The molecule has 0 saturated heterocycles. The smallest absolute Gasteiger partial charge is 0.106 e. The molecule has 3 aliphatic rings. The normalized spacial score (nSPS) is 31.9. The summed E-state index contributed by atoms with van der Waals surface area (Å²) in [6.45, 7) is 8.93. The zero-order chi connectivity index (χ0) is 24.3. The molecular formula is C30H37ClO2S. The minimum atomic E-state index is -1.31. The lowest BCUT2D eigenvalue weighted by Gasteiger charge is -2.42. The van der Waals surface area contributed by atoms with Crippen molar-refractivity contribution in [3.63, 3.8) is 0 Å². The maximum atomic E-state index is 12.7. The number of hydrogen-bond acceptors (Lipinski definition) is 2. The summed E-state index contributed by atoms with van der Waals surface area (Å²) in [6.07, 6.45) is 16.6. The molecule has 0 aliphatic heterocycles. The lowest BCUT2D eigenvalue weighted by molar-refractivity contribution is 0.158. The number of halogens is 1. The van der Waals surface area contributed by atoms with E-state index in [9.17, 15) is 9.32 Å². The molecule has 0 amide bonds. The zero-order valence-electron chi connectivity index (χ0n) is 20.4. The summed E-state index contributed by atoms with van der Waals surface area (Å²) in [5, 5.41) is 10.1. The van der Waals surface area contributed by atoms with E-state index >= 15 is 0 Å². The monoisotopic (exact) mass is 496 g/mol. The van der Waals surface area contributed by atoms with Gasteiger partial charge in [0.1, 0.15) is 4.36 Å². The second-order valence-corrected chi connectivity index (χ2v) is 12.5. The van der Waals surface area contributed by atoms with Gasteiger partial charge in [-0.25, -0.2) is 4.21 Å². The highest BCUT2D eigenvalue weighted by molar-refractivity contribution is 7.90. The summed E-state index contributed by atoms with van der Waals surface area (Å²) in [4.78, 5) is 0.743. The molecule has 3 aliphatic carbocycles. The van der Waals surface area contributed by atoms with Gasteiger partial charge in [-0.2, -0.15) is 0 Å². The van der Waals surface area contributed by atoms with Gasteiger partial charge in [0, 0.05) is 4.90 Å². The number of aliphatic hydroxyl groups is 1. The second-order valence-electron chi connectivity index (χ2n) is 10.4. The van der Waals surface area contributed by atoms with E-state index in [1.807, 2.05) is 36.4 Å². The van der Waals surface area contributed by atoms with E-state index in [2.05, 4.69) is 38.7 Å². The third-order valence-electron chi connectivity index (χ3n) is 8.10. The number of hydrogen-bond donors (Lipinski definition) is 1. The molecule has 0 spiro atoms. The Kier molecular flexibility index (Phi) is 8.17. The molecule has 0 bridgehead atoms. The largest absolute Gasteiger partial charge is 0.393 e. The minimum Gasteiger partial charge on any atom is -0.393 e. The number of allylic oxidation sites excluding steroid dienone is 7. The molecule has 182 valence electrons. The molecular weight excluding hydrogens is 460 g/mol. The lowest BCUT2D eigenvalue weighted by atomic mass is 9.62. The number of aliphatic hydroxyl groups excluding tert-OH is 1. The van der Waals surface area contributed by atoms with Crippen molar-refractivity contribution in [2.24, 2.45) is 17.3 Å². The van der Waals surface area contributed by atoms with E-state index in [1.165, 1.54) is 35.1 Å². The van der Waals surface area contributed by atoms with Crippen molar-refractivity contribution in [3.05, 3.63) is 87.9 Å². The van der Waals surface area contributed by atoms with Crippen molar-refractivity contribution in [1.82, 2.24) is 0 Å². The van der Waals surface area contributed by atoms with Crippen molar-refractivity contribution in [2.75, 3.05) is 0 Å². The maximum absolute atomic E-state index is 12.7. The van der Waals surface area contributed by atoms with Gasteiger partial charge < -0.3 is 5.11 Å². The Morgan fingerprint density at radius 3 is 2.82 bits per heavy atom. The van der Waals surface area contributed by atoms with Crippen LogP contribution in [-0.4, -0.2) is 15.4 Å². The van der Waals surface area contributed by atoms with Gasteiger partial charge in [-0.15, -0.1) is 0 Å². The minimum absolute atomic E-state index is 0.171. The Hall–Kier alpha value is -1.68. The van der Waals surface area contributed by atoms with Crippen LogP contribution in [0, 0.1) is 17.3 Å². The molecule has 0 aromatic heterocycles. The van der Waals surface area contributed by atoms with Crippen LogP contribution in [0.25, 0.3) is 0 Å². The third kappa shape index (κ3) is 5.42. The van der Waals surface area contributed by atoms with Crippen LogP contribution in [0.3, 0.4) is 0 Å². The van der Waals surface area contributed by atoms with Gasteiger partial charge in [-0.1, -0.05) is 91.2 Å². The first-order chi connectivity index (χ1) is 16.3. The SMILES string of the molecule is C=C1CCC(O)C/C1=C/C=C1\CCCC2(C)C([C@H](C)C/C=C(\Cl)S(=O)c3ccccc3)=CCC12. The van der Waals surface area contributed by atoms with Crippen LogP contribution in [0.15, 0.2) is 92.8 Å². The molecule has 1 aromatic carbocycles. The van der Waals surface area contributed by atoms with Crippen molar-refractivity contribution in [1.29, 1.82) is 0 Å². The quantitative estimate of drug-likeness (QED) is 0.405. The van der Waals surface area contributed by atoms with Crippen LogP contribution in [0.2, 0.25) is 0 Å². The molecule has 0 radical (unpaired) electrons. The highest BCUT2D eigenvalue weighted by atomic mass is 35.5. The van der Waals surface area contributed by atoms with Gasteiger partial charge >= 0.3 is 0 Å². The summed E-state index contributed by atoms with van der Waals surface area (Å²) in [7, 11) is -1.31. The van der Waals surface area contributed by atoms with Gasteiger partial charge in [-0.05, 0) is 86.3 Å². The van der Waals surface area contributed by atoms with Crippen molar-refractivity contribution >= 4 is 22.4 Å². The molecule has 0 heterocycles. The number of fused-ring (bicyclic) bond motifs is 1.